The molecule has 1 atom stereocenters. The van der Waals surface area contributed by atoms with Gasteiger partial charge in [0.05, 0.1) is 5.41 Å². The maximum absolute atomic E-state index is 11.6. The van der Waals surface area contributed by atoms with Crippen molar-refractivity contribution in [1.82, 2.24) is 5.32 Å². The highest BCUT2D eigenvalue weighted by Gasteiger charge is 2.55. The van der Waals surface area contributed by atoms with Gasteiger partial charge in [-0.05, 0) is 18.8 Å². The molecule has 2 rings (SSSR count). The number of hydrogen-bond acceptors (Lipinski definition) is 1. The summed E-state index contributed by atoms with van der Waals surface area (Å²) >= 11 is 0. The van der Waals surface area contributed by atoms with Gasteiger partial charge in [0.1, 0.15) is 0 Å². The minimum absolute atomic E-state index is 0.0480. The highest BCUT2D eigenvalue weighted by Crippen LogP contribution is 2.47. The molecule has 1 amide bonds. The molecular weight excluding hydrogens is 162 g/mol. The van der Waals surface area contributed by atoms with Gasteiger partial charge in [-0.25, -0.2) is 0 Å². The Hall–Kier alpha value is -0.530. The first-order valence-corrected chi connectivity index (χ1v) is 5.48. The van der Waals surface area contributed by atoms with E-state index >= 15 is 0 Å². The first kappa shape index (κ1) is 9.04. The van der Waals surface area contributed by atoms with Crippen molar-refractivity contribution in [3.8, 4) is 0 Å². The van der Waals surface area contributed by atoms with Crippen LogP contribution in [0.4, 0.5) is 0 Å². The fourth-order valence-electron chi connectivity index (χ4n) is 3.01. The molecule has 1 aliphatic carbocycles. The van der Waals surface area contributed by atoms with E-state index in [0.717, 1.165) is 12.8 Å². The molecule has 1 saturated carbocycles. The molecule has 74 valence electrons. The summed E-state index contributed by atoms with van der Waals surface area (Å²) < 4.78 is 0. The molecule has 2 aliphatic rings. The Morgan fingerprint density at radius 2 is 1.92 bits per heavy atom. The molecule has 0 radical (unpaired) electrons. The number of β-lactam (4-membered cyclic amide) rings is 1. The van der Waals surface area contributed by atoms with Crippen LogP contribution in [0.25, 0.3) is 0 Å². The number of hydrogen-bond donors (Lipinski definition) is 1. The Morgan fingerprint density at radius 3 is 2.38 bits per heavy atom. The lowest BCUT2D eigenvalue weighted by atomic mass is 9.60. The van der Waals surface area contributed by atoms with Gasteiger partial charge >= 0.3 is 0 Å². The Labute approximate surface area is 80.1 Å². The average molecular weight is 181 g/mol. The number of nitrogens with one attached hydrogen (secondary N) is 1. The molecule has 0 bridgehead atoms. The number of rotatable bonds is 1. The predicted octanol–water partition coefficient (Wildman–Crippen LogP) is 2.09. The van der Waals surface area contributed by atoms with Gasteiger partial charge in [-0.1, -0.05) is 33.1 Å². The summed E-state index contributed by atoms with van der Waals surface area (Å²) in [7, 11) is 0. The summed E-state index contributed by atoms with van der Waals surface area (Å²) in [6.45, 7) is 4.42. The second-order valence-corrected chi connectivity index (χ2v) is 4.91. The van der Waals surface area contributed by atoms with E-state index < -0.39 is 0 Å². The maximum atomic E-state index is 11.6. The summed E-state index contributed by atoms with van der Waals surface area (Å²) in [6.07, 6.45) is 6.07. The monoisotopic (exact) mass is 181 g/mol. The third-order valence-electron chi connectivity index (χ3n) is 3.75. The number of carbonyl (C=O) groups is 1. The highest BCUT2D eigenvalue weighted by atomic mass is 16.2. The zero-order valence-corrected chi connectivity index (χ0v) is 8.60. The largest absolute Gasteiger partial charge is 0.351 e. The number of amides is 1. The SMILES string of the molecule is CC(C)[C@H]1NC(=O)C12CCCCC2. The van der Waals surface area contributed by atoms with Crippen molar-refractivity contribution in [3.63, 3.8) is 0 Å². The molecule has 2 nitrogen and oxygen atoms in total. The standard InChI is InChI=1S/C11H19NO/c1-8(2)9-11(10(13)12-9)6-4-3-5-7-11/h8-9H,3-7H2,1-2H3,(H,12,13)/t9-/m1/s1. The topological polar surface area (TPSA) is 29.1 Å². The second kappa shape index (κ2) is 3.00. The third-order valence-corrected chi connectivity index (χ3v) is 3.75. The minimum atomic E-state index is 0.0480. The zero-order chi connectivity index (χ0) is 9.47. The second-order valence-electron chi connectivity index (χ2n) is 4.91. The van der Waals surface area contributed by atoms with Crippen LogP contribution in [0.2, 0.25) is 0 Å². The van der Waals surface area contributed by atoms with Crippen molar-refractivity contribution in [3.05, 3.63) is 0 Å². The molecule has 13 heavy (non-hydrogen) atoms. The molecule has 2 fully saturated rings. The van der Waals surface area contributed by atoms with E-state index in [2.05, 4.69) is 19.2 Å². The van der Waals surface area contributed by atoms with Crippen LogP contribution in [-0.2, 0) is 4.79 Å². The van der Waals surface area contributed by atoms with Crippen LogP contribution in [0.3, 0.4) is 0 Å². The van der Waals surface area contributed by atoms with Crippen LogP contribution in [0.1, 0.15) is 46.0 Å². The van der Waals surface area contributed by atoms with Crippen LogP contribution in [0.5, 0.6) is 0 Å². The Bertz CT molecular complexity index is 216. The van der Waals surface area contributed by atoms with Crippen LogP contribution >= 0.6 is 0 Å². The van der Waals surface area contributed by atoms with Gasteiger partial charge in [-0.15, -0.1) is 0 Å². The summed E-state index contributed by atoms with van der Waals surface area (Å²) in [4.78, 5) is 11.6. The van der Waals surface area contributed by atoms with Crippen molar-refractivity contribution in [1.29, 1.82) is 0 Å². The zero-order valence-electron chi connectivity index (χ0n) is 8.60. The summed E-state index contributed by atoms with van der Waals surface area (Å²) in [6, 6.07) is 0.459. The quantitative estimate of drug-likeness (QED) is 0.617. The lowest BCUT2D eigenvalue weighted by molar-refractivity contribution is -0.151. The summed E-state index contributed by atoms with van der Waals surface area (Å²) in [5.41, 5.74) is 0.0480. The molecule has 0 aromatic heterocycles. The molecule has 0 unspecified atom stereocenters. The molecule has 1 heterocycles. The summed E-state index contributed by atoms with van der Waals surface area (Å²) in [5.74, 6) is 0.918. The first-order chi connectivity index (χ1) is 6.17. The van der Waals surface area contributed by atoms with Crippen molar-refractivity contribution in [2.24, 2.45) is 11.3 Å². The fraction of sp³-hybridized carbons (Fsp3) is 0.909. The van der Waals surface area contributed by atoms with Crippen LogP contribution in [0.15, 0.2) is 0 Å². The van der Waals surface area contributed by atoms with Gasteiger partial charge in [-0.2, -0.15) is 0 Å². The molecule has 1 aliphatic heterocycles. The third kappa shape index (κ3) is 1.18. The Kier molecular flexibility index (Phi) is 2.09. The van der Waals surface area contributed by atoms with Gasteiger partial charge in [0, 0.05) is 6.04 Å². The van der Waals surface area contributed by atoms with Crippen LogP contribution in [0, 0.1) is 11.3 Å². The lowest BCUT2D eigenvalue weighted by Crippen LogP contribution is -2.69. The number of carbonyl (C=O) groups excluding carboxylic acids is 1. The summed E-state index contributed by atoms with van der Waals surface area (Å²) in [5, 5.41) is 3.06. The highest BCUT2D eigenvalue weighted by molar-refractivity contribution is 5.90. The van der Waals surface area contributed by atoms with Crippen molar-refractivity contribution in [2.45, 2.75) is 52.0 Å². The van der Waals surface area contributed by atoms with Gasteiger partial charge in [0.2, 0.25) is 5.91 Å². The molecule has 1 spiro atoms. The van der Waals surface area contributed by atoms with Crippen LogP contribution in [-0.4, -0.2) is 11.9 Å². The minimum Gasteiger partial charge on any atom is -0.351 e. The smallest absolute Gasteiger partial charge is 0.228 e. The predicted molar refractivity (Wildman–Crippen MR) is 52.3 cm³/mol. The van der Waals surface area contributed by atoms with E-state index in [1.165, 1.54) is 19.3 Å². The van der Waals surface area contributed by atoms with Gasteiger partial charge in [0.25, 0.3) is 0 Å². The molecule has 1 N–H and O–H groups in total. The fourth-order valence-corrected chi connectivity index (χ4v) is 3.01. The molecule has 0 aromatic carbocycles. The Morgan fingerprint density at radius 1 is 1.31 bits per heavy atom. The van der Waals surface area contributed by atoms with Gasteiger partial charge in [0.15, 0.2) is 0 Å². The van der Waals surface area contributed by atoms with E-state index in [-0.39, 0.29) is 5.41 Å². The molecular formula is C11H19NO. The normalized spacial score (nSPS) is 31.6. The molecule has 1 saturated heterocycles. The van der Waals surface area contributed by atoms with E-state index in [1.54, 1.807) is 0 Å². The van der Waals surface area contributed by atoms with E-state index in [0.29, 0.717) is 17.9 Å². The van der Waals surface area contributed by atoms with Crippen molar-refractivity contribution < 1.29 is 4.79 Å². The first-order valence-electron chi connectivity index (χ1n) is 5.48. The van der Waals surface area contributed by atoms with Gasteiger partial charge < -0.3 is 5.32 Å². The van der Waals surface area contributed by atoms with Crippen LogP contribution < -0.4 is 5.32 Å². The maximum Gasteiger partial charge on any atom is 0.228 e. The Balaban J connectivity index is 2.13. The van der Waals surface area contributed by atoms with E-state index in [4.69, 9.17) is 0 Å². The molecule has 0 aromatic rings. The van der Waals surface area contributed by atoms with Crippen molar-refractivity contribution >= 4 is 5.91 Å². The van der Waals surface area contributed by atoms with Crippen molar-refractivity contribution in [2.75, 3.05) is 0 Å². The van der Waals surface area contributed by atoms with E-state index in [1.807, 2.05) is 0 Å². The molecule has 2 heteroatoms. The average Bonchev–Trinajstić information content (AvgIpc) is 2.15. The lowest BCUT2D eigenvalue weighted by Gasteiger charge is -2.52. The van der Waals surface area contributed by atoms with Gasteiger partial charge in [-0.3, -0.25) is 4.79 Å². The van der Waals surface area contributed by atoms with E-state index in [9.17, 15) is 4.79 Å².